The number of rotatable bonds is 2. The van der Waals surface area contributed by atoms with Crippen molar-refractivity contribution in [2.75, 3.05) is 12.3 Å². The summed E-state index contributed by atoms with van der Waals surface area (Å²) in [5, 5.41) is 0.462. The number of furan rings is 1. The average molecular weight is 338 g/mol. The second kappa shape index (κ2) is 5.80. The van der Waals surface area contributed by atoms with Crippen molar-refractivity contribution in [2.24, 2.45) is 0 Å². The molecule has 1 amide bonds. The molecule has 0 atom stereocenters. The van der Waals surface area contributed by atoms with E-state index in [0.29, 0.717) is 29.8 Å². The maximum Gasteiger partial charge on any atom is 0.258 e. The van der Waals surface area contributed by atoms with Gasteiger partial charge in [0.05, 0.1) is 23.2 Å². The Morgan fingerprint density at radius 1 is 1.32 bits per heavy atom. The lowest BCUT2D eigenvalue weighted by Gasteiger charge is -2.28. The Labute approximate surface area is 144 Å². The molecule has 0 aromatic carbocycles. The molecule has 8 nitrogen and oxygen atoms in total. The molecule has 3 aromatic rings. The van der Waals surface area contributed by atoms with Crippen LogP contribution in [0.1, 0.15) is 47.2 Å². The maximum atomic E-state index is 13.0. The minimum atomic E-state index is -0.157. The summed E-state index contributed by atoms with van der Waals surface area (Å²) < 4.78 is 5.36. The molecule has 8 heteroatoms. The zero-order valence-corrected chi connectivity index (χ0v) is 14.1. The van der Waals surface area contributed by atoms with Crippen molar-refractivity contribution in [2.45, 2.75) is 32.7 Å². The van der Waals surface area contributed by atoms with Crippen LogP contribution >= 0.6 is 0 Å². The largest absolute Gasteiger partial charge is 0.445 e. The predicted octanol–water partition coefficient (Wildman–Crippen LogP) is 1.92. The molecule has 4 rings (SSSR count). The lowest BCUT2D eigenvalue weighted by atomic mass is 10.0. The summed E-state index contributed by atoms with van der Waals surface area (Å²) in [4.78, 5) is 31.7. The predicted molar refractivity (Wildman–Crippen MR) is 90.8 cm³/mol. The number of anilines is 1. The van der Waals surface area contributed by atoms with Crippen LogP contribution in [-0.2, 0) is 13.0 Å². The van der Waals surface area contributed by atoms with Crippen molar-refractivity contribution in [1.29, 1.82) is 0 Å². The van der Waals surface area contributed by atoms with Gasteiger partial charge in [-0.1, -0.05) is 13.8 Å². The molecule has 0 aliphatic carbocycles. The zero-order valence-electron chi connectivity index (χ0n) is 14.1. The fourth-order valence-corrected chi connectivity index (χ4v) is 3.00. The minimum Gasteiger partial charge on any atom is -0.445 e. The molecule has 25 heavy (non-hydrogen) atoms. The third-order valence-electron chi connectivity index (χ3n) is 4.40. The lowest BCUT2D eigenvalue weighted by molar-refractivity contribution is 0.0732. The first-order valence-electron chi connectivity index (χ1n) is 8.16. The van der Waals surface area contributed by atoms with Gasteiger partial charge in [0.25, 0.3) is 5.91 Å². The highest BCUT2D eigenvalue weighted by atomic mass is 16.3. The van der Waals surface area contributed by atoms with Gasteiger partial charge in [0, 0.05) is 18.7 Å². The normalized spacial score (nSPS) is 14.1. The van der Waals surface area contributed by atoms with Crippen molar-refractivity contribution in [3.05, 3.63) is 41.4 Å². The quantitative estimate of drug-likeness (QED) is 0.759. The fourth-order valence-electron chi connectivity index (χ4n) is 3.00. The van der Waals surface area contributed by atoms with Crippen molar-refractivity contribution in [1.82, 2.24) is 24.8 Å². The van der Waals surface area contributed by atoms with Gasteiger partial charge >= 0.3 is 0 Å². The van der Waals surface area contributed by atoms with Crippen LogP contribution in [0, 0.1) is 0 Å². The minimum absolute atomic E-state index is 0.157. The fraction of sp³-hybridized carbons (Fsp3) is 0.353. The first-order valence-corrected chi connectivity index (χ1v) is 8.16. The van der Waals surface area contributed by atoms with Gasteiger partial charge in [-0.3, -0.25) is 4.79 Å². The Morgan fingerprint density at radius 3 is 2.96 bits per heavy atom. The molecule has 2 N–H and O–H groups in total. The monoisotopic (exact) mass is 338 g/mol. The van der Waals surface area contributed by atoms with E-state index in [-0.39, 0.29) is 17.6 Å². The first kappa shape index (κ1) is 15.5. The van der Waals surface area contributed by atoms with Crippen LogP contribution in [0.3, 0.4) is 0 Å². The van der Waals surface area contributed by atoms with E-state index >= 15 is 0 Å². The van der Waals surface area contributed by atoms with Crippen LogP contribution in [0.2, 0.25) is 0 Å². The second-order valence-corrected chi connectivity index (χ2v) is 6.42. The smallest absolute Gasteiger partial charge is 0.258 e. The molecule has 3 aromatic heterocycles. The number of nitrogens with two attached hydrogens (primary N) is 1. The topological polar surface area (TPSA) is 111 Å². The molecule has 1 aliphatic rings. The zero-order chi connectivity index (χ0) is 17.6. The summed E-state index contributed by atoms with van der Waals surface area (Å²) in [5.41, 5.74) is 8.59. The van der Waals surface area contributed by atoms with Crippen LogP contribution in [0.5, 0.6) is 0 Å². The number of carbonyl (C=O) groups excluding carboxylic acids is 1. The molecule has 0 spiro atoms. The summed E-state index contributed by atoms with van der Waals surface area (Å²) >= 11 is 0. The van der Waals surface area contributed by atoms with Crippen LogP contribution in [0.25, 0.3) is 11.1 Å². The summed E-state index contributed by atoms with van der Waals surface area (Å²) in [6, 6.07) is 0. The molecule has 0 bridgehead atoms. The number of hydrogen-bond donors (Lipinski definition) is 1. The van der Waals surface area contributed by atoms with E-state index in [1.807, 2.05) is 20.0 Å². The van der Waals surface area contributed by atoms with E-state index < -0.39 is 0 Å². The van der Waals surface area contributed by atoms with E-state index in [1.165, 1.54) is 12.6 Å². The van der Waals surface area contributed by atoms with Crippen LogP contribution in [0.4, 0.5) is 5.82 Å². The number of nitrogen functional groups attached to an aromatic ring is 1. The maximum absolute atomic E-state index is 13.0. The highest BCUT2D eigenvalue weighted by Gasteiger charge is 2.27. The Hall–Kier alpha value is -3.03. The first-order chi connectivity index (χ1) is 12.0. The number of nitrogens with zero attached hydrogens (tertiary/aromatic N) is 5. The van der Waals surface area contributed by atoms with Gasteiger partial charge in [-0.05, 0) is 12.0 Å². The molecule has 0 radical (unpaired) electrons. The molecule has 0 saturated carbocycles. The van der Waals surface area contributed by atoms with Gasteiger partial charge in [-0.2, -0.15) is 0 Å². The van der Waals surface area contributed by atoms with Gasteiger partial charge in [0.2, 0.25) is 5.71 Å². The van der Waals surface area contributed by atoms with Gasteiger partial charge in [0.1, 0.15) is 24.2 Å². The van der Waals surface area contributed by atoms with Crippen molar-refractivity contribution >= 4 is 22.8 Å². The van der Waals surface area contributed by atoms with E-state index in [4.69, 9.17) is 10.2 Å². The Balaban J connectivity index is 1.66. The SMILES string of the molecule is CC(C)c1ncc2c(n1)CN(C(=O)c1coc3ncnc(N)c13)CC2. The van der Waals surface area contributed by atoms with Crippen molar-refractivity contribution in [3.63, 3.8) is 0 Å². The number of amides is 1. The van der Waals surface area contributed by atoms with Gasteiger partial charge in [-0.15, -0.1) is 0 Å². The molecule has 0 fully saturated rings. The molecule has 4 heterocycles. The summed E-state index contributed by atoms with van der Waals surface area (Å²) in [6.45, 7) is 5.13. The summed E-state index contributed by atoms with van der Waals surface area (Å²) in [7, 11) is 0. The Kier molecular flexibility index (Phi) is 3.60. The van der Waals surface area contributed by atoms with E-state index in [1.54, 1.807) is 4.90 Å². The molecule has 128 valence electrons. The standard InChI is InChI=1S/C17H18N6O2/c1-9(2)15-19-5-10-3-4-23(6-12(10)22-15)17(24)11-7-25-16-13(11)14(18)20-8-21-16/h5,7-9H,3-4,6H2,1-2H3,(H2,18,20,21). The van der Waals surface area contributed by atoms with Gasteiger partial charge in [0.15, 0.2) is 0 Å². The molecular weight excluding hydrogens is 320 g/mol. The third kappa shape index (κ3) is 2.59. The number of fused-ring (bicyclic) bond motifs is 2. The van der Waals surface area contributed by atoms with E-state index in [2.05, 4.69) is 19.9 Å². The third-order valence-corrected chi connectivity index (χ3v) is 4.40. The highest BCUT2D eigenvalue weighted by molar-refractivity contribution is 6.08. The Morgan fingerprint density at radius 2 is 2.16 bits per heavy atom. The average Bonchev–Trinajstić information content (AvgIpc) is 3.05. The molecular formula is C17H18N6O2. The Bertz CT molecular complexity index is 965. The second-order valence-electron chi connectivity index (χ2n) is 6.42. The van der Waals surface area contributed by atoms with Crippen LogP contribution in [-0.4, -0.2) is 37.3 Å². The van der Waals surface area contributed by atoms with Crippen molar-refractivity contribution in [3.8, 4) is 0 Å². The summed E-state index contributed by atoms with van der Waals surface area (Å²) in [5.74, 6) is 1.12. The number of hydrogen-bond acceptors (Lipinski definition) is 7. The van der Waals surface area contributed by atoms with E-state index in [9.17, 15) is 4.79 Å². The van der Waals surface area contributed by atoms with Crippen LogP contribution in [0.15, 0.2) is 23.2 Å². The molecule has 0 unspecified atom stereocenters. The summed E-state index contributed by atoms with van der Waals surface area (Å²) in [6.07, 6.45) is 5.31. The van der Waals surface area contributed by atoms with Crippen molar-refractivity contribution < 1.29 is 9.21 Å². The molecule has 1 aliphatic heterocycles. The number of aromatic nitrogens is 4. The van der Waals surface area contributed by atoms with Gasteiger partial charge < -0.3 is 15.1 Å². The number of carbonyl (C=O) groups is 1. The van der Waals surface area contributed by atoms with Crippen LogP contribution < -0.4 is 5.73 Å². The van der Waals surface area contributed by atoms with Gasteiger partial charge in [-0.25, -0.2) is 19.9 Å². The lowest BCUT2D eigenvalue weighted by Crippen LogP contribution is -2.36. The molecule has 0 saturated heterocycles. The highest BCUT2D eigenvalue weighted by Crippen LogP contribution is 2.27. The van der Waals surface area contributed by atoms with E-state index in [0.717, 1.165) is 23.5 Å².